The molecule has 7 heteroatoms. The van der Waals surface area contributed by atoms with Crippen molar-refractivity contribution in [2.75, 3.05) is 0 Å². The number of benzene rings is 1. The number of aryl methyl sites for hydroxylation is 1. The second kappa shape index (κ2) is 6.79. The van der Waals surface area contributed by atoms with Crippen molar-refractivity contribution < 1.29 is 4.79 Å². The van der Waals surface area contributed by atoms with E-state index in [-0.39, 0.29) is 11.7 Å². The lowest BCUT2D eigenvalue weighted by molar-refractivity contribution is -0.114. The van der Waals surface area contributed by atoms with Crippen LogP contribution in [0.5, 0.6) is 0 Å². The topological polar surface area (TPSA) is 61.5 Å². The van der Waals surface area contributed by atoms with Gasteiger partial charge in [-0.3, -0.25) is 15.1 Å². The number of hydrogen-bond acceptors (Lipinski definition) is 3. The minimum atomic E-state index is -0.379. The van der Waals surface area contributed by atoms with Crippen LogP contribution in [-0.2, 0) is 4.79 Å². The fraction of sp³-hybridized carbons (Fsp3) is 0.190. The maximum absolute atomic E-state index is 12.5. The summed E-state index contributed by atoms with van der Waals surface area (Å²) >= 11 is 7.68. The molecule has 5 nitrogen and oxygen atoms in total. The zero-order valence-electron chi connectivity index (χ0n) is 16.0. The fourth-order valence-corrected chi connectivity index (χ4v) is 4.57. The number of amidine groups is 2. The molecule has 28 heavy (non-hydrogen) atoms. The molecule has 3 heterocycles. The van der Waals surface area contributed by atoms with Crippen LogP contribution in [0.15, 0.2) is 45.9 Å². The van der Waals surface area contributed by atoms with E-state index >= 15 is 0 Å². The van der Waals surface area contributed by atoms with Gasteiger partial charge in [-0.2, -0.15) is 4.99 Å². The van der Waals surface area contributed by atoms with Crippen LogP contribution in [0.2, 0.25) is 5.02 Å². The van der Waals surface area contributed by atoms with Crippen molar-refractivity contribution >= 4 is 46.3 Å². The summed E-state index contributed by atoms with van der Waals surface area (Å²) in [6.45, 7) is 7.92. The molecule has 0 fully saturated rings. The molecular weight excluding hydrogens is 392 g/mol. The predicted molar refractivity (Wildman–Crippen MR) is 116 cm³/mol. The van der Waals surface area contributed by atoms with Crippen LogP contribution in [0.4, 0.5) is 0 Å². The van der Waals surface area contributed by atoms with Crippen LogP contribution >= 0.6 is 23.4 Å². The van der Waals surface area contributed by atoms with Gasteiger partial charge in [-0.1, -0.05) is 29.4 Å². The van der Waals surface area contributed by atoms with E-state index in [0.717, 1.165) is 33.9 Å². The first-order valence-electron chi connectivity index (χ1n) is 8.81. The normalized spacial score (nSPS) is 17.9. The van der Waals surface area contributed by atoms with E-state index in [1.54, 1.807) is 11.0 Å². The number of allylic oxidation sites excluding steroid dienone is 1. The SMILES string of the molecule is CC1=CSC2=NC(=O)/C(=C/c3cc(C)n(-c4cccc(Cl)c4C)c3C)C(=N)N12. The molecule has 142 valence electrons. The number of rotatable bonds is 2. The maximum atomic E-state index is 12.5. The van der Waals surface area contributed by atoms with E-state index in [9.17, 15) is 4.79 Å². The Morgan fingerprint density at radius 1 is 1.21 bits per heavy atom. The first kappa shape index (κ1) is 18.8. The molecule has 1 amide bonds. The fourth-order valence-electron chi connectivity index (χ4n) is 3.54. The van der Waals surface area contributed by atoms with E-state index in [4.69, 9.17) is 17.0 Å². The molecule has 1 aromatic heterocycles. The quantitative estimate of drug-likeness (QED) is 0.690. The third kappa shape index (κ3) is 2.84. The predicted octanol–water partition coefficient (Wildman–Crippen LogP) is 5.22. The second-order valence-electron chi connectivity index (χ2n) is 6.86. The number of fused-ring (bicyclic) bond motifs is 1. The maximum Gasteiger partial charge on any atom is 0.283 e. The van der Waals surface area contributed by atoms with E-state index in [0.29, 0.717) is 15.8 Å². The van der Waals surface area contributed by atoms with Gasteiger partial charge in [-0.25, -0.2) is 0 Å². The van der Waals surface area contributed by atoms with Crippen LogP contribution in [0.1, 0.15) is 29.4 Å². The number of thioether (sulfide) groups is 1. The Labute approximate surface area is 172 Å². The van der Waals surface area contributed by atoms with Gasteiger partial charge in [0.05, 0.1) is 5.57 Å². The number of halogens is 1. The largest absolute Gasteiger partial charge is 0.318 e. The monoisotopic (exact) mass is 410 g/mol. The summed E-state index contributed by atoms with van der Waals surface area (Å²) in [6, 6.07) is 7.85. The first-order valence-corrected chi connectivity index (χ1v) is 10.1. The Morgan fingerprint density at radius 2 is 1.96 bits per heavy atom. The minimum absolute atomic E-state index is 0.164. The molecule has 2 aromatic rings. The standard InChI is InChI=1S/C21H19ClN4OS/c1-11-8-15(14(4)25(11)18-7-5-6-17(22)13(18)3)9-16-19(23)26-12(2)10-28-21(26)24-20(16)27/h5-10,23H,1-4H3/b16-9+,23-19?. The molecule has 0 bridgehead atoms. The highest BCUT2D eigenvalue weighted by Crippen LogP contribution is 2.33. The number of nitrogens with zero attached hydrogens (tertiary/aromatic N) is 3. The summed E-state index contributed by atoms with van der Waals surface area (Å²) in [5, 5.41) is 11.7. The molecule has 1 aromatic carbocycles. The molecule has 0 aliphatic carbocycles. The van der Waals surface area contributed by atoms with Gasteiger partial charge in [0.2, 0.25) is 0 Å². The molecule has 0 saturated carbocycles. The smallest absolute Gasteiger partial charge is 0.283 e. The van der Waals surface area contributed by atoms with Crippen LogP contribution in [-0.4, -0.2) is 26.4 Å². The number of aromatic nitrogens is 1. The summed E-state index contributed by atoms with van der Waals surface area (Å²) in [6.07, 6.45) is 1.76. The Hall–Kier alpha value is -2.57. The molecule has 2 aliphatic heterocycles. The molecule has 0 spiro atoms. The number of nitrogens with one attached hydrogen (secondary N) is 1. The first-order chi connectivity index (χ1) is 13.3. The van der Waals surface area contributed by atoms with Crippen molar-refractivity contribution in [2.24, 2.45) is 4.99 Å². The van der Waals surface area contributed by atoms with Gasteiger partial charge in [0.25, 0.3) is 5.91 Å². The summed E-state index contributed by atoms with van der Waals surface area (Å²) in [4.78, 5) is 18.4. The van der Waals surface area contributed by atoms with Crippen LogP contribution in [0.25, 0.3) is 11.8 Å². The molecule has 0 radical (unpaired) electrons. The van der Waals surface area contributed by atoms with Crippen molar-refractivity contribution in [1.29, 1.82) is 5.41 Å². The average molecular weight is 411 g/mol. The van der Waals surface area contributed by atoms with Crippen LogP contribution in [0.3, 0.4) is 0 Å². The third-order valence-electron chi connectivity index (χ3n) is 5.04. The van der Waals surface area contributed by atoms with E-state index in [1.807, 2.05) is 57.4 Å². The number of carbonyl (C=O) groups excluding carboxylic acids is 1. The van der Waals surface area contributed by atoms with E-state index < -0.39 is 0 Å². The second-order valence-corrected chi connectivity index (χ2v) is 8.11. The van der Waals surface area contributed by atoms with E-state index in [2.05, 4.69) is 9.56 Å². The number of hydrogen-bond donors (Lipinski definition) is 1. The van der Waals surface area contributed by atoms with Crippen LogP contribution < -0.4 is 0 Å². The lowest BCUT2D eigenvalue weighted by Gasteiger charge is -2.25. The number of amides is 1. The molecule has 0 atom stereocenters. The molecule has 0 saturated heterocycles. The van der Waals surface area contributed by atoms with Gasteiger partial charge in [0, 0.05) is 27.8 Å². The Bertz CT molecular complexity index is 1140. The highest BCUT2D eigenvalue weighted by molar-refractivity contribution is 8.16. The van der Waals surface area contributed by atoms with Crippen molar-refractivity contribution in [3.8, 4) is 5.69 Å². The Kier molecular flexibility index (Phi) is 4.56. The van der Waals surface area contributed by atoms with Crippen LogP contribution in [0, 0.1) is 26.2 Å². The zero-order chi connectivity index (χ0) is 20.2. The van der Waals surface area contributed by atoms with Gasteiger partial charge in [-0.05, 0) is 68.5 Å². The summed E-state index contributed by atoms with van der Waals surface area (Å²) < 4.78 is 2.12. The van der Waals surface area contributed by atoms with Crippen molar-refractivity contribution in [2.45, 2.75) is 27.7 Å². The van der Waals surface area contributed by atoms with Crippen molar-refractivity contribution in [1.82, 2.24) is 9.47 Å². The summed E-state index contributed by atoms with van der Waals surface area (Å²) in [5.41, 5.74) is 6.09. The molecule has 1 N–H and O–H groups in total. The lowest BCUT2D eigenvalue weighted by Crippen LogP contribution is -2.37. The Balaban J connectivity index is 1.82. The minimum Gasteiger partial charge on any atom is -0.318 e. The summed E-state index contributed by atoms with van der Waals surface area (Å²) in [5.74, 6) is -0.215. The number of carbonyl (C=O) groups is 1. The molecule has 4 rings (SSSR count). The molecule has 2 aliphatic rings. The van der Waals surface area contributed by atoms with Gasteiger partial charge in [0.15, 0.2) is 5.17 Å². The van der Waals surface area contributed by atoms with Crippen molar-refractivity contribution in [3.05, 3.63) is 68.5 Å². The third-order valence-corrected chi connectivity index (χ3v) is 6.39. The molecular formula is C21H19ClN4OS. The van der Waals surface area contributed by atoms with E-state index in [1.165, 1.54) is 11.8 Å². The Morgan fingerprint density at radius 3 is 2.71 bits per heavy atom. The number of aliphatic imine (C=N–C) groups is 1. The summed E-state index contributed by atoms with van der Waals surface area (Å²) in [7, 11) is 0. The zero-order valence-corrected chi connectivity index (χ0v) is 17.6. The highest BCUT2D eigenvalue weighted by Gasteiger charge is 2.34. The lowest BCUT2D eigenvalue weighted by atomic mass is 10.1. The van der Waals surface area contributed by atoms with Crippen molar-refractivity contribution in [3.63, 3.8) is 0 Å². The van der Waals surface area contributed by atoms with Gasteiger partial charge in [-0.15, -0.1) is 0 Å². The average Bonchev–Trinajstić information content (AvgIpc) is 3.14. The van der Waals surface area contributed by atoms with Gasteiger partial charge < -0.3 is 4.57 Å². The molecule has 0 unspecified atom stereocenters. The van der Waals surface area contributed by atoms with Gasteiger partial charge in [0.1, 0.15) is 5.84 Å². The highest BCUT2D eigenvalue weighted by atomic mass is 35.5. The van der Waals surface area contributed by atoms with Gasteiger partial charge >= 0.3 is 0 Å².